The van der Waals surface area contributed by atoms with Crippen molar-refractivity contribution >= 4 is 33.4 Å². The van der Waals surface area contributed by atoms with Crippen LogP contribution in [0.1, 0.15) is 22.7 Å². The van der Waals surface area contributed by atoms with Crippen molar-refractivity contribution in [3.63, 3.8) is 0 Å². The fraction of sp³-hybridized carbons (Fsp3) is 0.130. The Labute approximate surface area is 177 Å². The fourth-order valence-corrected chi connectivity index (χ4v) is 3.97. The lowest BCUT2D eigenvalue weighted by molar-refractivity contribution is -0.137. The standard InChI is InChI=1S/C23H19BrN2O3/c1-29-18-10-7-16(8-11-18)23-25-20-12-9-17(24)13-19(20)22(26(23)14-21(27)28)15-5-3-2-4-6-15/h2-13,22H,14H2,1H3,(H,27,28). The molecular formula is C23H19BrN2O3. The van der Waals surface area contributed by atoms with Gasteiger partial charge in [0.2, 0.25) is 0 Å². The molecule has 0 amide bonds. The number of carboxylic acid groups (broad SMARTS) is 1. The van der Waals surface area contributed by atoms with Gasteiger partial charge in [-0.15, -0.1) is 0 Å². The first-order valence-corrected chi connectivity index (χ1v) is 9.92. The molecule has 1 heterocycles. The summed E-state index contributed by atoms with van der Waals surface area (Å²) in [6.45, 7) is -0.170. The number of hydrogen-bond donors (Lipinski definition) is 1. The quantitative estimate of drug-likeness (QED) is 0.592. The molecule has 0 aromatic heterocycles. The van der Waals surface area contributed by atoms with Gasteiger partial charge in [0.05, 0.1) is 18.8 Å². The van der Waals surface area contributed by atoms with E-state index >= 15 is 0 Å². The number of hydrogen-bond acceptors (Lipinski definition) is 4. The molecule has 1 unspecified atom stereocenters. The third-order valence-electron chi connectivity index (χ3n) is 4.86. The Balaban J connectivity index is 1.92. The summed E-state index contributed by atoms with van der Waals surface area (Å²) >= 11 is 3.54. The van der Waals surface area contributed by atoms with Gasteiger partial charge in [0.15, 0.2) is 0 Å². The van der Waals surface area contributed by atoms with Gasteiger partial charge in [-0.1, -0.05) is 46.3 Å². The molecule has 6 heteroatoms. The number of halogens is 1. The van der Waals surface area contributed by atoms with Crippen LogP contribution in [0.2, 0.25) is 0 Å². The number of carboxylic acids is 1. The molecule has 0 radical (unpaired) electrons. The minimum Gasteiger partial charge on any atom is -0.497 e. The van der Waals surface area contributed by atoms with Crippen molar-refractivity contribution in [2.75, 3.05) is 13.7 Å². The molecule has 146 valence electrons. The first kappa shape index (κ1) is 19.2. The lowest BCUT2D eigenvalue weighted by Crippen LogP contribution is -2.41. The van der Waals surface area contributed by atoms with Gasteiger partial charge in [-0.3, -0.25) is 4.79 Å². The Morgan fingerprint density at radius 1 is 1.10 bits per heavy atom. The lowest BCUT2D eigenvalue weighted by Gasteiger charge is -2.38. The number of rotatable bonds is 5. The highest BCUT2D eigenvalue weighted by atomic mass is 79.9. The zero-order valence-corrected chi connectivity index (χ0v) is 17.3. The maximum absolute atomic E-state index is 11.8. The molecule has 1 N–H and O–H groups in total. The predicted octanol–water partition coefficient (Wildman–Crippen LogP) is 5.03. The van der Waals surface area contributed by atoms with Gasteiger partial charge in [0, 0.05) is 15.6 Å². The summed E-state index contributed by atoms with van der Waals surface area (Å²) < 4.78 is 6.18. The molecule has 4 rings (SSSR count). The van der Waals surface area contributed by atoms with Crippen LogP contribution in [0.25, 0.3) is 0 Å². The maximum atomic E-state index is 11.8. The molecular weight excluding hydrogens is 432 g/mol. The number of aliphatic carboxylic acids is 1. The zero-order valence-electron chi connectivity index (χ0n) is 15.7. The van der Waals surface area contributed by atoms with E-state index in [1.165, 1.54) is 0 Å². The van der Waals surface area contributed by atoms with Crippen LogP contribution in [-0.2, 0) is 4.79 Å². The van der Waals surface area contributed by atoms with E-state index in [9.17, 15) is 9.90 Å². The SMILES string of the molecule is COc1ccc(C2=Nc3ccc(Br)cc3C(c3ccccc3)N2CC(=O)O)cc1. The normalized spacial score (nSPS) is 15.4. The minimum absolute atomic E-state index is 0.170. The summed E-state index contributed by atoms with van der Waals surface area (Å²) in [6.07, 6.45) is 0. The molecule has 0 fully saturated rings. The van der Waals surface area contributed by atoms with Crippen molar-refractivity contribution in [1.82, 2.24) is 4.90 Å². The second-order valence-corrected chi connectivity index (χ2v) is 7.62. The minimum atomic E-state index is -0.911. The number of methoxy groups -OCH3 is 1. The number of aliphatic imine (C=N–C) groups is 1. The summed E-state index contributed by atoms with van der Waals surface area (Å²) in [5, 5.41) is 9.65. The average Bonchev–Trinajstić information content (AvgIpc) is 2.73. The highest BCUT2D eigenvalue weighted by Gasteiger charge is 2.33. The van der Waals surface area contributed by atoms with Gasteiger partial charge in [-0.2, -0.15) is 0 Å². The van der Waals surface area contributed by atoms with Crippen molar-refractivity contribution in [2.45, 2.75) is 6.04 Å². The molecule has 1 atom stereocenters. The Hall–Kier alpha value is -3.12. The number of amidine groups is 1. The number of carbonyl (C=O) groups is 1. The molecule has 3 aromatic rings. The van der Waals surface area contributed by atoms with E-state index in [0.717, 1.165) is 32.6 Å². The number of ether oxygens (including phenoxy) is 1. The molecule has 0 saturated carbocycles. The monoisotopic (exact) mass is 450 g/mol. The van der Waals surface area contributed by atoms with Crippen LogP contribution in [0, 0.1) is 0 Å². The van der Waals surface area contributed by atoms with Crippen LogP contribution in [0.3, 0.4) is 0 Å². The van der Waals surface area contributed by atoms with Crippen LogP contribution >= 0.6 is 15.9 Å². The number of fused-ring (bicyclic) bond motifs is 1. The van der Waals surface area contributed by atoms with Crippen LogP contribution in [0.5, 0.6) is 5.75 Å². The first-order chi connectivity index (χ1) is 14.1. The van der Waals surface area contributed by atoms with E-state index in [-0.39, 0.29) is 12.6 Å². The average molecular weight is 451 g/mol. The van der Waals surface area contributed by atoms with Crippen LogP contribution in [-0.4, -0.2) is 35.5 Å². The van der Waals surface area contributed by atoms with E-state index in [4.69, 9.17) is 9.73 Å². The Kier molecular flexibility index (Phi) is 5.36. The highest BCUT2D eigenvalue weighted by Crippen LogP contribution is 2.41. The van der Waals surface area contributed by atoms with Gasteiger partial charge < -0.3 is 14.7 Å². The zero-order chi connectivity index (χ0) is 20.4. The molecule has 5 nitrogen and oxygen atoms in total. The second-order valence-electron chi connectivity index (χ2n) is 6.70. The largest absolute Gasteiger partial charge is 0.497 e. The van der Waals surface area contributed by atoms with Crippen molar-refractivity contribution in [2.24, 2.45) is 4.99 Å². The molecule has 0 saturated heterocycles. The fourth-order valence-electron chi connectivity index (χ4n) is 3.59. The van der Waals surface area contributed by atoms with E-state index < -0.39 is 5.97 Å². The van der Waals surface area contributed by atoms with Crippen molar-refractivity contribution in [3.05, 3.63) is 94.0 Å². The number of benzene rings is 3. The van der Waals surface area contributed by atoms with Gasteiger partial charge in [0.25, 0.3) is 0 Å². The second kappa shape index (κ2) is 8.09. The van der Waals surface area contributed by atoms with Gasteiger partial charge >= 0.3 is 5.97 Å². The molecule has 0 bridgehead atoms. The van der Waals surface area contributed by atoms with Crippen LogP contribution in [0.4, 0.5) is 5.69 Å². The molecule has 1 aliphatic rings. The molecule has 1 aliphatic heterocycles. The molecule has 0 spiro atoms. The molecule has 0 aliphatic carbocycles. The van der Waals surface area contributed by atoms with Gasteiger partial charge in [-0.25, -0.2) is 4.99 Å². The van der Waals surface area contributed by atoms with Gasteiger partial charge in [0.1, 0.15) is 18.1 Å². The summed E-state index contributed by atoms with van der Waals surface area (Å²) in [6, 6.07) is 23.1. The van der Waals surface area contributed by atoms with E-state index in [2.05, 4.69) is 15.9 Å². The molecule has 29 heavy (non-hydrogen) atoms. The van der Waals surface area contributed by atoms with Crippen molar-refractivity contribution in [1.29, 1.82) is 0 Å². The van der Waals surface area contributed by atoms with Gasteiger partial charge in [-0.05, 0) is 48.0 Å². The van der Waals surface area contributed by atoms with E-state index in [1.54, 1.807) is 7.11 Å². The van der Waals surface area contributed by atoms with Crippen molar-refractivity contribution in [3.8, 4) is 5.75 Å². The molecule has 3 aromatic carbocycles. The predicted molar refractivity (Wildman–Crippen MR) is 116 cm³/mol. The lowest BCUT2D eigenvalue weighted by atomic mass is 9.93. The van der Waals surface area contributed by atoms with E-state index in [0.29, 0.717) is 5.84 Å². The third kappa shape index (κ3) is 3.89. The highest BCUT2D eigenvalue weighted by molar-refractivity contribution is 9.10. The smallest absolute Gasteiger partial charge is 0.323 e. The maximum Gasteiger partial charge on any atom is 0.323 e. The topological polar surface area (TPSA) is 62.1 Å². The first-order valence-electron chi connectivity index (χ1n) is 9.13. The summed E-state index contributed by atoms with van der Waals surface area (Å²) in [4.78, 5) is 18.5. The third-order valence-corrected chi connectivity index (χ3v) is 5.36. The Morgan fingerprint density at radius 2 is 1.83 bits per heavy atom. The summed E-state index contributed by atoms with van der Waals surface area (Å²) in [7, 11) is 1.61. The Morgan fingerprint density at radius 3 is 2.48 bits per heavy atom. The number of nitrogens with zero attached hydrogens (tertiary/aromatic N) is 2. The summed E-state index contributed by atoms with van der Waals surface area (Å²) in [5.41, 5.74) is 3.63. The van der Waals surface area contributed by atoms with Crippen LogP contribution < -0.4 is 4.74 Å². The van der Waals surface area contributed by atoms with Crippen molar-refractivity contribution < 1.29 is 14.6 Å². The summed E-state index contributed by atoms with van der Waals surface area (Å²) in [5.74, 6) is 0.447. The Bertz CT molecular complexity index is 1070. The van der Waals surface area contributed by atoms with E-state index in [1.807, 2.05) is 77.7 Å². The van der Waals surface area contributed by atoms with Crippen LogP contribution in [0.15, 0.2) is 82.3 Å².